The predicted molar refractivity (Wildman–Crippen MR) is 121 cm³/mol. The molecule has 4 rings (SSSR count). The maximum atomic E-state index is 13.4. The van der Waals surface area contributed by atoms with Gasteiger partial charge in [0.15, 0.2) is 6.61 Å². The first-order chi connectivity index (χ1) is 15.8. The van der Waals surface area contributed by atoms with Gasteiger partial charge in [0.05, 0.1) is 12.2 Å². The average Bonchev–Trinajstić information content (AvgIpc) is 2.81. The maximum Gasteiger partial charge on any atom is 0.341 e. The summed E-state index contributed by atoms with van der Waals surface area (Å²) in [6.45, 7) is 5.11. The summed E-state index contributed by atoms with van der Waals surface area (Å²) in [7, 11) is 0. The van der Waals surface area contributed by atoms with Crippen molar-refractivity contribution in [3.05, 3.63) is 65.5 Å². The third kappa shape index (κ3) is 5.36. The van der Waals surface area contributed by atoms with Crippen LogP contribution in [0.25, 0.3) is 0 Å². The van der Waals surface area contributed by atoms with Gasteiger partial charge in [-0.1, -0.05) is 32.0 Å². The van der Waals surface area contributed by atoms with Crippen LogP contribution in [0.5, 0.6) is 5.75 Å². The molecule has 0 spiro atoms. The van der Waals surface area contributed by atoms with E-state index in [4.69, 9.17) is 14.6 Å². The molecule has 1 amide bonds. The van der Waals surface area contributed by atoms with Gasteiger partial charge in [0.1, 0.15) is 11.6 Å². The topological polar surface area (TPSA) is 76.1 Å². The third-order valence-corrected chi connectivity index (χ3v) is 6.73. The lowest BCUT2D eigenvalue weighted by molar-refractivity contribution is -0.147. The SMILES string of the molecule is CC(C)[C@H]1C[C@@H]2CN(C(=O)c3cccc(OCC(=O)O)c3)CC[C@@H]2O[C@@H]1c1ccc(F)cc1. The second kappa shape index (κ2) is 9.91. The Morgan fingerprint density at radius 3 is 2.67 bits per heavy atom. The average molecular weight is 456 g/mol. The smallest absolute Gasteiger partial charge is 0.341 e. The predicted octanol–water partition coefficient (Wildman–Crippen LogP) is 4.55. The molecule has 0 bridgehead atoms. The Balaban J connectivity index is 1.45. The van der Waals surface area contributed by atoms with E-state index in [1.165, 1.54) is 12.1 Å². The van der Waals surface area contributed by atoms with E-state index in [-0.39, 0.29) is 35.8 Å². The monoisotopic (exact) mass is 455 g/mol. The number of halogens is 1. The van der Waals surface area contributed by atoms with Crippen molar-refractivity contribution in [2.45, 2.75) is 38.9 Å². The summed E-state index contributed by atoms with van der Waals surface area (Å²) >= 11 is 0. The Hall–Kier alpha value is -2.93. The van der Waals surface area contributed by atoms with Crippen LogP contribution in [-0.4, -0.2) is 47.7 Å². The van der Waals surface area contributed by atoms with Crippen LogP contribution in [0.4, 0.5) is 4.39 Å². The molecule has 2 heterocycles. The van der Waals surface area contributed by atoms with Gasteiger partial charge in [-0.25, -0.2) is 9.18 Å². The maximum absolute atomic E-state index is 13.4. The number of carbonyl (C=O) groups excluding carboxylic acids is 1. The van der Waals surface area contributed by atoms with Crippen LogP contribution in [-0.2, 0) is 9.53 Å². The highest BCUT2D eigenvalue weighted by Gasteiger charge is 2.43. The summed E-state index contributed by atoms with van der Waals surface area (Å²) in [4.78, 5) is 25.8. The van der Waals surface area contributed by atoms with Crippen LogP contribution >= 0.6 is 0 Å². The minimum Gasteiger partial charge on any atom is -0.482 e. The Morgan fingerprint density at radius 2 is 1.97 bits per heavy atom. The van der Waals surface area contributed by atoms with Crippen LogP contribution < -0.4 is 4.74 Å². The van der Waals surface area contributed by atoms with Crippen molar-refractivity contribution < 1.29 is 28.6 Å². The molecule has 1 N–H and O–H groups in total. The molecule has 0 aromatic heterocycles. The van der Waals surface area contributed by atoms with E-state index >= 15 is 0 Å². The molecule has 0 radical (unpaired) electrons. The first kappa shape index (κ1) is 23.2. The Labute approximate surface area is 193 Å². The van der Waals surface area contributed by atoms with E-state index in [1.54, 1.807) is 24.3 Å². The van der Waals surface area contributed by atoms with E-state index in [9.17, 15) is 14.0 Å². The van der Waals surface area contributed by atoms with Gasteiger partial charge in [-0.2, -0.15) is 0 Å². The number of aliphatic carboxylic acids is 1. The highest BCUT2D eigenvalue weighted by Crippen LogP contribution is 2.45. The molecule has 2 aliphatic heterocycles. The van der Waals surface area contributed by atoms with E-state index < -0.39 is 12.6 Å². The molecule has 176 valence electrons. The number of carbonyl (C=O) groups is 2. The van der Waals surface area contributed by atoms with Gasteiger partial charge >= 0.3 is 5.97 Å². The van der Waals surface area contributed by atoms with Crippen LogP contribution in [0, 0.1) is 23.6 Å². The number of amides is 1. The lowest BCUT2D eigenvalue weighted by atomic mass is 9.74. The van der Waals surface area contributed by atoms with Crippen molar-refractivity contribution in [1.29, 1.82) is 0 Å². The zero-order valence-corrected chi connectivity index (χ0v) is 18.9. The number of rotatable bonds is 6. The molecule has 2 aromatic rings. The number of nitrogens with zero attached hydrogens (tertiary/aromatic N) is 1. The second-order valence-electron chi connectivity index (χ2n) is 9.30. The van der Waals surface area contributed by atoms with Gasteiger partial charge in [-0.3, -0.25) is 4.79 Å². The van der Waals surface area contributed by atoms with Gasteiger partial charge in [-0.15, -0.1) is 0 Å². The van der Waals surface area contributed by atoms with E-state index in [0.29, 0.717) is 30.3 Å². The van der Waals surface area contributed by atoms with Crippen LogP contribution in [0.2, 0.25) is 0 Å². The molecule has 2 saturated heterocycles. The number of likely N-dealkylation sites (tertiary alicyclic amines) is 1. The molecule has 2 aliphatic rings. The molecule has 7 heteroatoms. The number of piperidine rings is 1. The molecule has 0 unspecified atom stereocenters. The lowest BCUT2D eigenvalue weighted by Crippen LogP contribution is -2.51. The fourth-order valence-corrected chi connectivity index (χ4v) is 5.01. The number of benzene rings is 2. The first-order valence-corrected chi connectivity index (χ1v) is 11.5. The number of hydrogen-bond acceptors (Lipinski definition) is 4. The molecule has 0 aliphatic carbocycles. The van der Waals surface area contributed by atoms with Gasteiger partial charge in [0, 0.05) is 24.6 Å². The second-order valence-corrected chi connectivity index (χ2v) is 9.30. The summed E-state index contributed by atoms with van der Waals surface area (Å²) in [6.07, 6.45) is 1.67. The van der Waals surface area contributed by atoms with Crippen LogP contribution in [0.1, 0.15) is 48.7 Å². The summed E-state index contributed by atoms with van der Waals surface area (Å²) < 4.78 is 25.2. The zero-order valence-electron chi connectivity index (χ0n) is 18.9. The normalized spacial score (nSPS) is 24.9. The molecule has 0 saturated carbocycles. The number of carboxylic acids is 1. The molecular formula is C26H30FNO5. The number of fused-ring (bicyclic) bond motifs is 1. The molecular weight excluding hydrogens is 425 g/mol. The van der Waals surface area contributed by atoms with Crippen LogP contribution in [0.15, 0.2) is 48.5 Å². The van der Waals surface area contributed by atoms with Crippen LogP contribution in [0.3, 0.4) is 0 Å². The molecule has 2 aromatic carbocycles. The minimum absolute atomic E-state index is 0.0596. The molecule has 33 heavy (non-hydrogen) atoms. The van der Waals surface area contributed by atoms with Crippen molar-refractivity contribution in [2.24, 2.45) is 17.8 Å². The van der Waals surface area contributed by atoms with E-state index in [2.05, 4.69) is 13.8 Å². The van der Waals surface area contributed by atoms with Crippen molar-refractivity contribution in [2.75, 3.05) is 19.7 Å². The van der Waals surface area contributed by atoms with Crippen molar-refractivity contribution >= 4 is 11.9 Å². The van der Waals surface area contributed by atoms with Gasteiger partial charge in [0.25, 0.3) is 5.91 Å². The number of ether oxygens (including phenoxy) is 2. The lowest BCUT2D eigenvalue weighted by Gasteiger charge is -2.48. The third-order valence-electron chi connectivity index (χ3n) is 6.73. The van der Waals surface area contributed by atoms with E-state index in [1.807, 2.05) is 17.0 Å². The summed E-state index contributed by atoms with van der Waals surface area (Å²) in [5.74, 6) is -0.146. The number of carboxylic acid groups (broad SMARTS) is 1. The Kier molecular flexibility index (Phi) is 6.98. The van der Waals surface area contributed by atoms with Crippen molar-refractivity contribution in [1.82, 2.24) is 4.90 Å². The van der Waals surface area contributed by atoms with Gasteiger partial charge in [0.2, 0.25) is 0 Å². The summed E-state index contributed by atoms with van der Waals surface area (Å²) in [6, 6.07) is 13.3. The zero-order chi connectivity index (χ0) is 23.5. The minimum atomic E-state index is -1.07. The summed E-state index contributed by atoms with van der Waals surface area (Å²) in [5, 5.41) is 8.80. The largest absolute Gasteiger partial charge is 0.482 e. The van der Waals surface area contributed by atoms with Gasteiger partial charge < -0.3 is 19.5 Å². The summed E-state index contributed by atoms with van der Waals surface area (Å²) in [5.41, 5.74) is 1.49. The van der Waals surface area contributed by atoms with Crippen molar-refractivity contribution in [3.8, 4) is 5.75 Å². The standard InChI is InChI=1S/C26H30FNO5/c1-16(2)22-13-19-14-28(26(31)18-4-3-5-21(12-18)32-15-24(29)30)11-10-23(19)33-25(22)17-6-8-20(27)9-7-17/h3-9,12,16,19,22-23,25H,10-11,13-15H2,1-2H3,(H,29,30)/t19-,22-,23+,25-/m1/s1. The fourth-order valence-electron chi connectivity index (χ4n) is 5.01. The molecule has 4 atom stereocenters. The molecule has 6 nitrogen and oxygen atoms in total. The van der Waals surface area contributed by atoms with Gasteiger partial charge in [-0.05, 0) is 60.6 Å². The molecule has 2 fully saturated rings. The highest BCUT2D eigenvalue weighted by molar-refractivity contribution is 5.94. The first-order valence-electron chi connectivity index (χ1n) is 11.5. The van der Waals surface area contributed by atoms with E-state index in [0.717, 1.165) is 18.4 Å². The highest BCUT2D eigenvalue weighted by atomic mass is 19.1. The Morgan fingerprint density at radius 1 is 1.21 bits per heavy atom. The quantitative estimate of drug-likeness (QED) is 0.691. The van der Waals surface area contributed by atoms with Crippen molar-refractivity contribution in [3.63, 3.8) is 0 Å². The Bertz CT molecular complexity index is 992. The fraction of sp³-hybridized carbons (Fsp3) is 0.462. The number of hydrogen-bond donors (Lipinski definition) is 1.